The Morgan fingerprint density at radius 3 is 2.50 bits per heavy atom. The molecular weight excluding hydrogens is 348 g/mol. The zero-order valence-electron chi connectivity index (χ0n) is 17.6. The van der Waals surface area contributed by atoms with Crippen molar-refractivity contribution in [1.82, 2.24) is 19.7 Å². The minimum Gasteiger partial charge on any atom is -0.337 e. The molecule has 0 aliphatic carbocycles. The highest BCUT2D eigenvalue weighted by Gasteiger charge is 2.40. The zero-order chi connectivity index (χ0) is 19.6. The first-order valence-corrected chi connectivity index (χ1v) is 11.2. The van der Waals surface area contributed by atoms with Gasteiger partial charge in [-0.2, -0.15) is 0 Å². The summed E-state index contributed by atoms with van der Waals surface area (Å²) in [6.45, 7) is 10.9. The lowest BCUT2D eigenvalue weighted by molar-refractivity contribution is -0.141. The fraction of sp³-hybridized carbons (Fsp3) is 0.739. The Kier molecular flexibility index (Phi) is 6.02. The maximum atomic E-state index is 13.2. The topological polar surface area (TPSA) is 39.7 Å². The quantitative estimate of drug-likeness (QED) is 0.799. The SMILES string of the molecule is CC1(C)CCCN1C(=O)[C@H]1CCCN(C2CCN(Cc3ccncc3)CC2)C1. The van der Waals surface area contributed by atoms with Gasteiger partial charge in [0.15, 0.2) is 0 Å². The van der Waals surface area contributed by atoms with Gasteiger partial charge < -0.3 is 4.90 Å². The fourth-order valence-corrected chi connectivity index (χ4v) is 5.46. The molecule has 0 saturated carbocycles. The number of carbonyl (C=O) groups excluding carboxylic acids is 1. The van der Waals surface area contributed by atoms with Crippen molar-refractivity contribution in [2.24, 2.45) is 5.92 Å². The summed E-state index contributed by atoms with van der Waals surface area (Å²) in [6, 6.07) is 4.88. The molecule has 0 aromatic carbocycles. The Morgan fingerprint density at radius 2 is 1.82 bits per heavy atom. The van der Waals surface area contributed by atoms with Crippen molar-refractivity contribution in [3.05, 3.63) is 30.1 Å². The first kappa shape index (κ1) is 19.8. The molecule has 28 heavy (non-hydrogen) atoms. The van der Waals surface area contributed by atoms with Crippen molar-refractivity contribution in [3.8, 4) is 0 Å². The summed E-state index contributed by atoms with van der Waals surface area (Å²) in [7, 11) is 0. The van der Waals surface area contributed by atoms with Gasteiger partial charge in [-0.15, -0.1) is 0 Å². The molecule has 1 aromatic heterocycles. The predicted octanol–water partition coefficient (Wildman–Crippen LogP) is 3.16. The van der Waals surface area contributed by atoms with E-state index in [-0.39, 0.29) is 11.5 Å². The highest BCUT2D eigenvalue weighted by molar-refractivity contribution is 5.80. The van der Waals surface area contributed by atoms with Crippen molar-refractivity contribution in [3.63, 3.8) is 0 Å². The zero-order valence-corrected chi connectivity index (χ0v) is 17.6. The van der Waals surface area contributed by atoms with Gasteiger partial charge in [-0.1, -0.05) is 0 Å². The Bertz CT molecular complexity index is 654. The summed E-state index contributed by atoms with van der Waals surface area (Å²) in [4.78, 5) is 24.7. The van der Waals surface area contributed by atoms with Gasteiger partial charge in [-0.05, 0) is 89.7 Å². The molecule has 1 amide bonds. The third-order valence-electron chi connectivity index (χ3n) is 7.20. The Balaban J connectivity index is 1.29. The van der Waals surface area contributed by atoms with Crippen molar-refractivity contribution < 1.29 is 4.79 Å². The van der Waals surface area contributed by atoms with E-state index >= 15 is 0 Å². The van der Waals surface area contributed by atoms with E-state index in [9.17, 15) is 4.79 Å². The van der Waals surface area contributed by atoms with Crippen LogP contribution in [0.1, 0.15) is 57.9 Å². The summed E-state index contributed by atoms with van der Waals surface area (Å²) in [5, 5.41) is 0. The van der Waals surface area contributed by atoms with Crippen molar-refractivity contribution >= 4 is 5.91 Å². The molecule has 5 heteroatoms. The van der Waals surface area contributed by atoms with Crippen LogP contribution in [0.15, 0.2) is 24.5 Å². The maximum absolute atomic E-state index is 13.2. The van der Waals surface area contributed by atoms with E-state index in [2.05, 4.69) is 45.7 Å². The third kappa shape index (κ3) is 4.41. The van der Waals surface area contributed by atoms with E-state index in [4.69, 9.17) is 0 Å². The smallest absolute Gasteiger partial charge is 0.227 e. The predicted molar refractivity (Wildman–Crippen MR) is 112 cm³/mol. The standard InChI is InChI=1S/C23H36N4O/c1-23(2)10-4-14-27(23)22(28)20-5-3-13-26(18-20)21-8-15-25(16-9-21)17-19-6-11-24-12-7-19/h6-7,11-12,20-21H,3-5,8-10,13-18H2,1-2H3/t20-/m0/s1. The van der Waals surface area contributed by atoms with Crippen LogP contribution in [0.3, 0.4) is 0 Å². The molecule has 3 saturated heterocycles. The van der Waals surface area contributed by atoms with Gasteiger partial charge >= 0.3 is 0 Å². The Morgan fingerprint density at radius 1 is 1.07 bits per heavy atom. The normalized spacial score (nSPS) is 27.2. The largest absolute Gasteiger partial charge is 0.337 e. The molecule has 1 aromatic rings. The molecule has 0 spiro atoms. The van der Waals surface area contributed by atoms with Gasteiger partial charge in [-0.3, -0.25) is 19.6 Å². The van der Waals surface area contributed by atoms with Crippen LogP contribution in [-0.4, -0.2) is 69.9 Å². The lowest BCUT2D eigenvalue weighted by Gasteiger charge is -2.43. The molecule has 3 aliphatic heterocycles. The average Bonchev–Trinajstić information content (AvgIpc) is 3.08. The van der Waals surface area contributed by atoms with Crippen LogP contribution in [0.4, 0.5) is 0 Å². The molecule has 154 valence electrons. The summed E-state index contributed by atoms with van der Waals surface area (Å²) in [5.74, 6) is 0.628. The number of rotatable bonds is 4. The molecule has 3 fully saturated rings. The molecule has 4 rings (SSSR count). The van der Waals surface area contributed by atoms with Crippen molar-refractivity contribution in [1.29, 1.82) is 0 Å². The van der Waals surface area contributed by atoms with Gasteiger partial charge in [0.05, 0.1) is 5.92 Å². The third-order valence-corrected chi connectivity index (χ3v) is 7.20. The van der Waals surface area contributed by atoms with E-state index in [1.54, 1.807) is 0 Å². The first-order chi connectivity index (χ1) is 13.5. The summed E-state index contributed by atoms with van der Waals surface area (Å²) in [6.07, 6.45) is 10.8. The molecule has 3 aliphatic rings. The minimum atomic E-state index is 0.0532. The molecule has 0 bridgehead atoms. The minimum absolute atomic E-state index is 0.0532. The highest BCUT2D eigenvalue weighted by atomic mass is 16.2. The van der Waals surface area contributed by atoms with E-state index < -0.39 is 0 Å². The second-order valence-electron chi connectivity index (χ2n) is 9.60. The van der Waals surface area contributed by atoms with Gasteiger partial charge in [0.1, 0.15) is 0 Å². The fourth-order valence-electron chi connectivity index (χ4n) is 5.46. The van der Waals surface area contributed by atoms with Gasteiger partial charge in [0, 0.05) is 43.6 Å². The van der Waals surface area contributed by atoms with Gasteiger partial charge in [0.25, 0.3) is 0 Å². The van der Waals surface area contributed by atoms with Crippen LogP contribution < -0.4 is 0 Å². The summed E-state index contributed by atoms with van der Waals surface area (Å²) in [5.41, 5.74) is 1.41. The lowest BCUT2D eigenvalue weighted by Crippen LogP contribution is -2.53. The number of piperidine rings is 2. The van der Waals surface area contributed by atoms with Gasteiger partial charge in [0.2, 0.25) is 5.91 Å². The second kappa shape index (κ2) is 8.50. The van der Waals surface area contributed by atoms with E-state index in [0.717, 1.165) is 52.0 Å². The number of pyridine rings is 1. The summed E-state index contributed by atoms with van der Waals surface area (Å²) < 4.78 is 0. The van der Waals surface area contributed by atoms with Crippen molar-refractivity contribution in [2.75, 3.05) is 32.7 Å². The van der Waals surface area contributed by atoms with Crippen LogP contribution in [-0.2, 0) is 11.3 Å². The molecular formula is C23H36N4O. The molecule has 5 nitrogen and oxygen atoms in total. The number of amides is 1. The number of carbonyl (C=O) groups is 1. The van der Waals surface area contributed by atoms with E-state index in [0.29, 0.717) is 11.9 Å². The number of hydrogen-bond acceptors (Lipinski definition) is 4. The number of likely N-dealkylation sites (tertiary alicyclic amines) is 3. The van der Waals surface area contributed by atoms with Crippen LogP contribution in [0.2, 0.25) is 0 Å². The number of hydrogen-bond donors (Lipinski definition) is 0. The lowest BCUT2D eigenvalue weighted by atomic mass is 9.91. The molecule has 0 N–H and O–H groups in total. The second-order valence-corrected chi connectivity index (χ2v) is 9.60. The first-order valence-electron chi connectivity index (χ1n) is 11.2. The molecule has 0 unspecified atom stereocenters. The van der Waals surface area contributed by atoms with Crippen LogP contribution >= 0.6 is 0 Å². The van der Waals surface area contributed by atoms with Crippen LogP contribution in [0, 0.1) is 5.92 Å². The van der Waals surface area contributed by atoms with Crippen LogP contribution in [0.5, 0.6) is 0 Å². The average molecular weight is 385 g/mol. The van der Waals surface area contributed by atoms with E-state index in [1.165, 1.54) is 31.4 Å². The summed E-state index contributed by atoms with van der Waals surface area (Å²) >= 11 is 0. The van der Waals surface area contributed by atoms with Gasteiger partial charge in [-0.25, -0.2) is 0 Å². The highest BCUT2D eigenvalue weighted by Crippen LogP contribution is 2.32. The number of nitrogens with zero attached hydrogens (tertiary/aromatic N) is 4. The monoisotopic (exact) mass is 384 g/mol. The Hall–Kier alpha value is -1.46. The molecule has 0 radical (unpaired) electrons. The molecule has 4 heterocycles. The van der Waals surface area contributed by atoms with Crippen LogP contribution in [0.25, 0.3) is 0 Å². The van der Waals surface area contributed by atoms with Crippen molar-refractivity contribution in [2.45, 2.75) is 70.5 Å². The Labute approximate surface area is 170 Å². The molecule has 1 atom stereocenters. The van der Waals surface area contributed by atoms with E-state index in [1.807, 2.05) is 12.4 Å². The maximum Gasteiger partial charge on any atom is 0.227 e. The number of aromatic nitrogens is 1.